The first kappa shape index (κ1) is 14.0. The maximum Gasteiger partial charge on any atom is 0.137 e. The summed E-state index contributed by atoms with van der Waals surface area (Å²) in [7, 11) is 4.26. The van der Waals surface area contributed by atoms with Gasteiger partial charge in [0.25, 0.3) is 0 Å². The Morgan fingerprint density at radius 1 is 1.17 bits per heavy atom. The van der Waals surface area contributed by atoms with Crippen LogP contribution in [0.25, 0.3) is 0 Å². The predicted molar refractivity (Wildman–Crippen MR) is 74.7 cm³/mol. The zero-order valence-corrected chi connectivity index (χ0v) is 12.0. The van der Waals surface area contributed by atoms with Gasteiger partial charge in [0.1, 0.15) is 5.78 Å². The number of carbonyl (C=O) groups excluding carboxylic acids is 1. The Kier molecular flexibility index (Phi) is 5.19. The van der Waals surface area contributed by atoms with Crippen LogP contribution in [0.15, 0.2) is 0 Å². The van der Waals surface area contributed by atoms with Gasteiger partial charge >= 0.3 is 0 Å². The van der Waals surface area contributed by atoms with E-state index >= 15 is 0 Å². The van der Waals surface area contributed by atoms with Gasteiger partial charge in [0, 0.05) is 31.5 Å². The molecule has 1 aliphatic heterocycles. The number of nitrogens with zero attached hydrogens (tertiary/aromatic N) is 2. The van der Waals surface area contributed by atoms with Crippen LogP contribution < -0.4 is 0 Å². The third-order valence-corrected chi connectivity index (χ3v) is 4.56. The van der Waals surface area contributed by atoms with Crippen LogP contribution in [0.2, 0.25) is 0 Å². The second kappa shape index (κ2) is 6.67. The van der Waals surface area contributed by atoms with Gasteiger partial charge in [-0.2, -0.15) is 0 Å². The third kappa shape index (κ3) is 3.55. The Morgan fingerprint density at radius 3 is 2.67 bits per heavy atom. The molecule has 1 aliphatic carbocycles. The van der Waals surface area contributed by atoms with Crippen LogP contribution in [0.5, 0.6) is 0 Å². The number of carbonyl (C=O) groups is 1. The number of ketones is 1. The van der Waals surface area contributed by atoms with Crippen molar-refractivity contribution in [2.75, 3.05) is 33.7 Å². The minimum Gasteiger partial charge on any atom is -0.308 e. The maximum absolute atomic E-state index is 12.1. The average Bonchev–Trinajstić information content (AvgIpc) is 2.37. The molecular formula is C15H28N2O. The molecule has 0 aromatic rings. The molecule has 1 heterocycles. The molecule has 0 aromatic heterocycles. The smallest absolute Gasteiger partial charge is 0.137 e. The number of hydrogen-bond acceptors (Lipinski definition) is 3. The molecule has 0 radical (unpaired) electrons. The van der Waals surface area contributed by atoms with Crippen LogP contribution in [-0.2, 0) is 4.79 Å². The van der Waals surface area contributed by atoms with Gasteiger partial charge in [0.15, 0.2) is 0 Å². The molecule has 18 heavy (non-hydrogen) atoms. The molecule has 1 saturated heterocycles. The number of Topliss-reactive ketones (excluding diaryl/α,β-unsaturated/α-hetero) is 1. The molecule has 0 spiro atoms. The highest BCUT2D eigenvalue weighted by atomic mass is 16.1. The molecule has 104 valence electrons. The van der Waals surface area contributed by atoms with E-state index in [0.29, 0.717) is 17.7 Å². The Bertz CT molecular complexity index is 278. The molecule has 2 rings (SSSR count). The summed E-state index contributed by atoms with van der Waals surface area (Å²) >= 11 is 0. The molecule has 2 aliphatic rings. The summed E-state index contributed by atoms with van der Waals surface area (Å²) in [5.74, 6) is 0.893. The SMILES string of the molecule is CN(C)CCN1CCCCC1C1CCCCC1=O. The number of likely N-dealkylation sites (tertiary alicyclic amines) is 1. The minimum absolute atomic E-state index is 0.348. The van der Waals surface area contributed by atoms with Crippen molar-refractivity contribution in [2.45, 2.75) is 51.0 Å². The molecule has 1 saturated carbocycles. The van der Waals surface area contributed by atoms with Crippen molar-refractivity contribution in [2.24, 2.45) is 5.92 Å². The van der Waals surface area contributed by atoms with E-state index < -0.39 is 0 Å². The standard InChI is InChI=1S/C15H28N2O/c1-16(2)11-12-17-10-6-5-8-14(17)13-7-3-4-9-15(13)18/h13-14H,3-12H2,1-2H3. The molecule has 3 nitrogen and oxygen atoms in total. The van der Waals surface area contributed by atoms with Gasteiger partial charge in [-0.1, -0.05) is 12.8 Å². The van der Waals surface area contributed by atoms with E-state index in [-0.39, 0.29) is 0 Å². The summed E-state index contributed by atoms with van der Waals surface area (Å²) in [6.07, 6.45) is 8.22. The fourth-order valence-corrected chi connectivity index (χ4v) is 3.50. The van der Waals surface area contributed by atoms with E-state index in [4.69, 9.17) is 0 Å². The van der Waals surface area contributed by atoms with Crippen LogP contribution in [0.4, 0.5) is 0 Å². The van der Waals surface area contributed by atoms with Crippen LogP contribution in [0.1, 0.15) is 44.9 Å². The number of piperidine rings is 1. The van der Waals surface area contributed by atoms with Gasteiger partial charge in [-0.15, -0.1) is 0 Å². The molecule has 2 unspecified atom stereocenters. The van der Waals surface area contributed by atoms with E-state index in [9.17, 15) is 4.79 Å². The van der Waals surface area contributed by atoms with Gasteiger partial charge in [-0.25, -0.2) is 0 Å². The fourth-order valence-electron chi connectivity index (χ4n) is 3.50. The van der Waals surface area contributed by atoms with E-state index in [1.165, 1.54) is 32.2 Å². The van der Waals surface area contributed by atoms with Crippen molar-refractivity contribution in [3.05, 3.63) is 0 Å². The molecule has 3 heteroatoms. The van der Waals surface area contributed by atoms with Gasteiger partial charge in [0.2, 0.25) is 0 Å². The summed E-state index contributed by atoms with van der Waals surface area (Å²) in [6, 6.07) is 0.548. The first-order valence-electron chi connectivity index (χ1n) is 7.60. The van der Waals surface area contributed by atoms with Gasteiger partial charge in [-0.3, -0.25) is 9.69 Å². The number of rotatable bonds is 4. The van der Waals surface area contributed by atoms with Crippen LogP contribution in [0, 0.1) is 5.92 Å². The first-order chi connectivity index (χ1) is 8.68. The highest BCUT2D eigenvalue weighted by molar-refractivity contribution is 5.82. The molecular weight excluding hydrogens is 224 g/mol. The fraction of sp³-hybridized carbons (Fsp3) is 0.933. The van der Waals surface area contributed by atoms with Gasteiger partial charge in [0.05, 0.1) is 0 Å². The molecule has 0 N–H and O–H groups in total. The maximum atomic E-state index is 12.1. The van der Waals surface area contributed by atoms with Crippen molar-refractivity contribution >= 4 is 5.78 Å². The van der Waals surface area contributed by atoms with Crippen molar-refractivity contribution in [3.8, 4) is 0 Å². The summed E-state index contributed by atoms with van der Waals surface area (Å²) in [5, 5.41) is 0. The monoisotopic (exact) mass is 252 g/mol. The van der Waals surface area contributed by atoms with Crippen LogP contribution in [-0.4, -0.2) is 55.4 Å². The van der Waals surface area contributed by atoms with Crippen LogP contribution in [0.3, 0.4) is 0 Å². The summed E-state index contributed by atoms with van der Waals surface area (Å²) in [4.78, 5) is 17.0. The molecule has 2 fully saturated rings. The highest BCUT2D eigenvalue weighted by Crippen LogP contribution is 2.31. The lowest BCUT2D eigenvalue weighted by atomic mass is 9.79. The lowest BCUT2D eigenvalue weighted by Crippen LogP contribution is -2.49. The lowest BCUT2D eigenvalue weighted by Gasteiger charge is -2.41. The van der Waals surface area contributed by atoms with Crippen molar-refractivity contribution in [1.29, 1.82) is 0 Å². The zero-order chi connectivity index (χ0) is 13.0. The average molecular weight is 252 g/mol. The quantitative estimate of drug-likeness (QED) is 0.766. The zero-order valence-electron chi connectivity index (χ0n) is 12.0. The van der Waals surface area contributed by atoms with E-state index in [0.717, 1.165) is 32.4 Å². The second-order valence-electron chi connectivity index (χ2n) is 6.22. The topological polar surface area (TPSA) is 23.6 Å². The van der Waals surface area contributed by atoms with Gasteiger partial charge < -0.3 is 4.90 Å². The van der Waals surface area contributed by atoms with Gasteiger partial charge in [-0.05, 0) is 46.3 Å². The Hall–Kier alpha value is -0.410. The Balaban J connectivity index is 1.95. The molecule has 2 atom stereocenters. The lowest BCUT2D eigenvalue weighted by molar-refractivity contribution is -0.127. The van der Waals surface area contributed by atoms with Crippen molar-refractivity contribution in [3.63, 3.8) is 0 Å². The first-order valence-corrected chi connectivity index (χ1v) is 7.60. The molecule has 0 bridgehead atoms. The highest BCUT2D eigenvalue weighted by Gasteiger charge is 2.34. The normalized spacial score (nSPS) is 30.9. The summed E-state index contributed by atoms with van der Waals surface area (Å²) in [5.41, 5.74) is 0. The van der Waals surface area contributed by atoms with E-state index in [1.54, 1.807) is 0 Å². The minimum atomic E-state index is 0.348. The molecule has 0 amide bonds. The summed E-state index contributed by atoms with van der Waals surface area (Å²) < 4.78 is 0. The largest absolute Gasteiger partial charge is 0.308 e. The Labute approximate surface area is 112 Å². The Morgan fingerprint density at radius 2 is 1.94 bits per heavy atom. The number of likely N-dealkylation sites (N-methyl/N-ethyl adjacent to an activating group) is 1. The second-order valence-corrected chi connectivity index (χ2v) is 6.22. The van der Waals surface area contributed by atoms with Crippen LogP contribution >= 0.6 is 0 Å². The van der Waals surface area contributed by atoms with Crippen molar-refractivity contribution < 1.29 is 4.79 Å². The van der Waals surface area contributed by atoms with E-state index in [1.807, 2.05) is 0 Å². The summed E-state index contributed by atoms with van der Waals surface area (Å²) in [6.45, 7) is 3.43. The molecule has 0 aromatic carbocycles. The van der Waals surface area contributed by atoms with E-state index in [2.05, 4.69) is 23.9 Å². The van der Waals surface area contributed by atoms with Crippen molar-refractivity contribution in [1.82, 2.24) is 9.80 Å². The number of hydrogen-bond donors (Lipinski definition) is 0. The third-order valence-electron chi connectivity index (χ3n) is 4.56. The predicted octanol–water partition coefficient (Wildman–Crippen LogP) is 2.16.